The van der Waals surface area contributed by atoms with Crippen molar-refractivity contribution in [3.05, 3.63) is 40.7 Å². The number of rotatable bonds is 6. The van der Waals surface area contributed by atoms with Crippen molar-refractivity contribution in [3.63, 3.8) is 0 Å². The van der Waals surface area contributed by atoms with Gasteiger partial charge in [0, 0.05) is 25.0 Å². The summed E-state index contributed by atoms with van der Waals surface area (Å²) in [5.41, 5.74) is 0.938. The average molecular weight is 344 g/mol. The maximum atomic E-state index is 12.6. The molecular weight excluding hydrogens is 324 g/mol. The van der Waals surface area contributed by atoms with E-state index in [9.17, 15) is 14.9 Å². The quantitative estimate of drug-likeness (QED) is 0.629. The van der Waals surface area contributed by atoms with Gasteiger partial charge >= 0.3 is 0 Å². The van der Waals surface area contributed by atoms with Gasteiger partial charge in [0.2, 0.25) is 5.91 Å². The fourth-order valence-corrected chi connectivity index (χ4v) is 3.80. The largest absolute Gasteiger partial charge is 0.352 e. The van der Waals surface area contributed by atoms with Crippen LogP contribution >= 0.6 is 11.8 Å². The number of nitrogens with zero attached hydrogens (tertiary/aromatic N) is 3. The minimum Gasteiger partial charge on any atom is -0.352 e. The van der Waals surface area contributed by atoms with E-state index < -0.39 is 5.91 Å². The monoisotopic (exact) mass is 344 g/mol. The van der Waals surface area contributed by atoms with E-state index in [0.717, 1.165) is 5.69 Å². The van der Waals surface area contributed by atoms with Crippen molar-refractivity contribution in [2.75, 3.05) is 13.1 Å². The number of hydrogen-bond acceptors (Lipinski definition) is 5. The van der Waals surface area contributed by atoms with Gasteiger partial charge in [0.25, 0.3) is 5.91 Å². The summed E-state index contributed by atoms with van der Waals surface area (Å²) in [5, 5.41) is 12.1. The predicted molar refractivity (Wildman–Crippen MR) is 92.6 cm³/mol. The van der Waals surface area contributed by atoms with Gasteiger partial charge in [-0.25, -0.2) is 0 Å². The SMILES string of the molecule is CCNC(=O)/C(C#N)=C1\SC(CCc2ccccn2)C(=O)N1CC. The zero-order valence-electron chi connectivity index (χ0n) is 13.8. The molecule has 1 aromatic heterocycles. The number of nitriles is 1. The van der Waals surface area contributed by atoms with Crippen LogP contribution in [0.3, 0.4) is 0 Å². The van der Waals surface area contributed by atoms with Crippen molar-refractivity contribution < 1.29 is 9.59 Å². The first-order valence-corrected chi connectivity index (χ1v) is 8.80. The summed E-state index contributed by atoms with van der Waals surface area (Å²) in [4.78, 5) is 30.4. The van der Waals surface area contributed by atoms with Gasteiger partial charge in [-0.1, -0.05) is 17.8 Å². The van der Waals surface area contributed by atoms with Crippen LogP contribution in [0.1, 0.15) is 26.0 Å². The topological polar surface area (TPSA) is 86.1 Å². The summed E-state index contributed by atoms with van der Waals surface area (Å²) in [6.45, 7) is 4.50. The van der Waals surface area contributed by atoms with E-state index in [0.29, 0.717) is 31.0 Å². The van der Waals surface area contributed by atoms with Crippen molar-refractivity contribution in [2.24, 2.45) is 0 Å². The van der Waals surface area contributed by atoms with E-state index in [1.165, 1.54) is 16.7 Å². The molecule has 0 aromatic carbocycles. The Labute approximate surface area is 145 Å². The van der Waals surface area contributed by atoms with Crippen LogP contribution in [-0.2, 0) is 16.0 Å². The van der Waals surface area contributed by atoms with E-state index in [1.54, 1.807) is 13.1 Å². The standard InChI is InChI=1S/C17H20N4O2S/c1-3-19-15(22)13(11-18)17-21(4-2)16(23)14(24-17)9-8-12-7-5-6-10-20-12/h5-7,10,14H,3-4,8-9H2,1-2H3,(H,19,22)/b17-13-. The predicted octanol–water partition coefficient (Wildman–Crippen LogP) is 1.85. The molecule has 0 bridgehead atoms. The molecule has 2 amide bonds. The molecule has 0 aliphatic carbocycles. The molecule has 1 saturated heterocycles. The van der Waals surface area contributed by atoms with Crippen LogP contribution in [0.15, 0.2) is 35.0 Å². The molecule has 2 rings (SSSR count). The van der Waals surface area contributed by atoms with Crippen LogP contribution in [0.4, 0.5) is 0 Å². The van der Waals surface area contributed by atoms with Crippen molar-refractivity contribution in [1.29, 1.82) is 5.26 Å². The molecule has 0 spiro atoms. The molecule has 1 fully saturated rings. The second-order valence-corrected chi connectivity index (χ2v) is 6.39. The molecule has 1 aliphatic rings. The number of likely N-dealkylation sites (N-methyl/N-ethyl adjacent to an activating group) is 1. The molecule has 24 heavy (non-hydrogen) atoms. The lowest BCUT2D eigenvalue weighted by atomic mass is 10.1. The Morgan fingerprint density at radius 2 is 2.25 bits per heavy atom. The van der Waals surface area contributed by atoms with Gasteiger partial charge in [0.1, 0.15) is 16.7 Å². The first-order valence-electron chi connectivity index (χ1n) is 7.92. The highest BCUT2D eigenvalue weighted by atomic mass is 32.2. The van der Waals surface area contributed by atoms with Gasteiger partial charge in [-0.3, -0.25) is 14.6 Å². The Kier molecular flexibility index (Phi) is 6.38. The summed E-state index contributed by atoms with van der Waals surface area (Å²) in [6, 6.07) is 7.64. The van der Waals surface area contributed by atoms with Gasteiger partial charge < -0.3 is 10.2 Å². The smallest absolute Gasteiger partial charge is 0.264 e. The lowest BCUT2D eigenvalue weighted by molar-refractivity contribution is -0.127. The number of hydrogen-bond donors (Lipinski definition) is 1. The number of carbonyl (C=O) groups is 2. The average Bonchev–Trinajstić information content (AvgIpc) is 2.90. The van der Waals surface area contributed by atoms with E-state index in [-0.39, 0.29) is 16.7 Å². The Morgan fingerprint density at radius 3 is 2.83 bits per heavy atom. The highest BCUT2D eigenvalue weighted by Gasteiger charge is 2.38. The van der Waals surface area contributed by atoms with Crippen LogP contribution in [0.2, 0.25) is 0 Å². The summed E-state index contributed by atoms with van der Waals surface area (Å²) >= 11 is 1.30. The summed E-state index contributed by atoms with van der Waals surface area (Å²) < 4.78 is 0. The first-order chi connectivity index (χ1) is 11.6. The number of pyridine rings is 1. The molecule has 126 valence electrons. The fraction of sp³-hybridized carbons (Fsp3) is 0.412. The van der Waals surface area contributed by atoms with Crippen molar-refractivity contribution in [1.82, 2.24) is 15.2 Å². The van der Waals surface area contributed by atoms with Crippen molar-refractivity contribution in [3.8, 4) is 6.07 Å². The lowest BCUT2D eigenvalue weighted by Gasteiger charge is -2.15. The number of aryl methyl sites for hydroxylation is 1. The van der Waals surface area contributed by atoms with Gasteiger partial charge in [-0.15, -0.1) is 0 Å². The Morgan fingerprint density at radius 1 is 1.46 bits per heavy atom. The van der Waals surface area contributed by atoms with E-state index in [1.807, 2.05) is 31.2 Å². The Balaban J connectivity index is 2.18. The van der Waals surface area contributed by atoms with E-state index >= 15 is 0 Å². The molecule has 1 unspecified atom stereocenters. The molecule has 6 nitrogen and oxygen atoms in total. The van der Waals surface area contributed by atoms with Gasteiger partial charge in [0.15, 0.2) is 0 Å². The van der Waals surface area contributed by atoms with Crippen LogP contribution < -0.4 is 5.32 Å². The third kappa shape index (κ3) is 3.95. The van der Waals surface area contributed by atoms with Crippen molar-refractivity contribution >= 4 is 23.6 Å². The maximum absolute atomic E-state index is 12.6. The Hall–Kier alpha value is -2.33. The minimum absolute atomic E-state index is 0.0115. The molecule has 1 aliphatic heterocycles. The first kappa shape index (κ1) is 18.0. The number of nitrogens with one attached hydrogen (secondary N) is 1. The molecule has 1 atom stereocenters. The maximum Gasteiger partial charge on any atom is 0.264 e. The molecule has 0 radical (unpaired) electrons. The normalized spacial score (nSPS) is 19.1. The van der Waals surface area contributed by atoms with E-state index in [4.69, 9.17) is 0 Å². The third-order valence-corrected chi connectivity index (χ3v) is 5.01. The second-order valence-electron chi connectivity index (χ2n) is 5.20. The molecule has 1 N–H and O–H groups in total. The number of carbonyl (C=O) groups excluding carboxylic acids is 2. The second kappa shape index (κ2) is 8.50. The van der Waals surface area contributed by atoms with Gasteiger partial charge in [0.05, 0.1) is 5.25 Å². The molecule has 1 aromatic rings. The summed E-state index contributed by atoms with van der Waals surface area (Å²) in [6.07, 6.45) is 3.03. The highest BCUT2D eigenvalue weighted by Crippen LogP contribution is 2.39. The highest BCUT2D eigenvalue weighted by molar-refractivity contribution is 8.04. The minimum atomic E-state index is -0.431. The number of amides is 2. The van der Waals surface area contributed by atoms with Crippen LogP contribution in [-0.4, -0.2) is 40.0 Å². The molecular formula is C17H20N4O2S. The molecule has 2 heterocycles. The lowest BCUT2D eigenvalue weighted by Crippen LogP contribution is -2.31. The third-order valence-electron chi connectivity index (χ3n) is 3.64. The van der Waals surface area contributed by atoms with Crippen LogP contribution in [0.5, 0.6) is 0 Å². The Bertz CT molecular complexity index is 682. The summed E-state index contributed by atoms with van der Waals surface area (Å²) in [5.74, 6) is -0.482. The van der Waals surface area contributed by atoms with Crippen LogP contribution in [0.25, 0.3) is 0 Å². The molecule has 0 saturated carbocycles. The van der Waals surface area contributed by atoms with Gasteiger partial charge in [-0.05, 0) is 38.8 Å². The van der Waals surface area contributed by atoms with Gasteiger partial charge in [-0.2, -0.15) is 5.26 Å². The number of thioether (sulfide) groups is 1. The van der Waals surface area contributed by atoms with E-state index in [2.05, 4.69) is 10.3 Å². The zero-order chi connectivity index (χ0) is 17.5. The van der Waals surface area contributed by atoms with Crippen LogP contribution in [0, 0.1) is 11.3 Å². The molecule has 7 heteroatoms. The number of aromatic nitrogens is 1. The van der Waals surface area contributed by atoms with Crippen molar-refractivity contribution in [2.45, 2.75) is 31.9 Å². The summed E-state index contributed by atoms with van der Waals surface area (Å²) in [7, 11) is 0. The fourth-order valence-electron chi connectivity index (χ4n) is 2.47. The zero-order valence-corrected chi connectivity index (χ0v) is 14.6.